The van der Waals surface area contributed by atoms with E-state index in [1.165, 1.54) is 20.5 Å². The third-order valence-electron chi connectivity index (χ3n) is 4.02. The molecule has 1 aromatic rings. The van der Waals surface area contributed by atoms with Gasteiger partial charge in [-0.1, -0.05) is 0 Å². The van der Waals surface area contributed by atoms with Crippen LogP contribution >= 0.6 is 0 Å². The molecule has 0 unspecified atom stereocenters. The number of rotatable bonds is 7. The number of hydrogen-bond acceptors (Lipinski definition) is 10. The highest BCUT2D eigenvalue weighted by molar-refractivity contribution is 5.84. The van der Waals surface area contributed by atoms with Gasteiger partial charge >= 0.3 is 17.6 Å². The van der Waals surface area contributed by atoms with E-state index in [1.807, 2.05) is 4.90 Å². The van der Waals surface area contributed by atoms with Gasteiger partial charge in [-0.05, 0) is 19.3 Å². The largest absolute Gasteiger partial charge is 0.468 e. The Kier molecular flexibility index (Phi) is 6.64. The minimum atomic E-state index is -0.665. The highest BCUT2D eigenvalue weighted by Crippen LogP contribution is 2.35. The molecule has 0 aliphatic carbocycles. The van der Waals surface area contributed by atoms with Crippen LogP contribution in [0.1, 0.15) is 19.3 Å². The van der Waals surface area contributed by atoms with Crippen LogP contribution in [0.25, 0.3) is 0 Å². The lowest BCUT2D eigenvalue weighted by Gasteiger charge is -2.28. The van der Waals surface area contributed by atoms with Gasteiger partial charge in [-0.15, -0.1) is 0 Å². The molecule has 0 N–H and O–H groups in total. The summed E-state index contributed by atoms with van der Waals surface area (Å²) >= 11 is 0. The van der Waals surface area contributed by atoms with Gasteiger partial charge in [0.05, 0.1) is 19.1 Å². The second kappa shape index (κ2) is 8.92. The third-order valence-corrected chi connectivity index (χ3v) is 4.02. The van der Waals surface area contributed by atoms with Gasteiger partial charge in [0.1, 0.15) is 19.4 Å². The summed E-state index contributed by atoms with van der Waals surface area (Å²) in [6.45, 7) is 0.516. The number of aromatic nitrogens is 2. The molecule has 142 valence electrons. The number of ether oxygens (including phenoxy) is 2. The second-order valence-corrected chi connectivity index (χ2v) is 5.68. The van der Waals surface area contributed by atoms with E-state index in [0.717, 1.165) is 24.2 Å². The molecule has 0 radical (unpaired) electrons. The first kappa shape index (κ1) is 19.3. The van der Waals surface area contributed by atoms with Crippen molar-refractivity contribution >= 4 is 29.3 Å². The predicted octanol–water partition coefficient (Wildman–Crippen LogP) is 0.527. The van der Waals surface area contributed by atoms with E-state index in [-0.39, 0.29) is 30.4 Å². The normalized spacial score (nSPS) is 13.8. The zero-order chi connectivity index (χ0) is 19.1. The van der Waals surface area contributed by atoms with Crippen molar-refractivity contribution in [2.45, 2.75) is 19.3 Å². The Labute approximate surface area is 150 Å². The van der Waals surface area contributed by atoms with Crippen molar-refractivity contribution in [3.8, 4) is 0 Å². The molecule has 26 heavy (non-hydrogen) atoms. The van der Waals surface area contributed by atoms with Crippen molar-refractivity contribution in [2.75, 3.05) is 50.2 Å². The fourth-order valence-corrected chi connectivity index (χ4v) is 2.74. The molecular weight excluding hydrogens is 346 g/mol. The molecule has 1 aromatic heterocycles. The third kappa shape index (κ3) is 4.55. The van der Waals surface area contributed by atoms with Crippen LogP contribution in [0.3, 0.4) is 0 Å². The topological polar surface area (TPSA) is 128 Å². The minimum absolute atomic E-state index is 0.124. The van der Waals surface area contributed by atoms with Crippen LogP contribution < -0.4 is 9.80 Å². The average Bonchev–Trinajstić information content (AvgIpc) is 2.67. The van der Waals surface area contributed by atoms with Crippen molar-refractivity contribution < 1.29 is 24.0 Å². The number of carbonyl (C=O) groups excluding carboxylic acids is 2. The van der Waals surface area contributed by atoms with Gasteiger partial charge in [-0.3, -0.25) is 19.7 Å². The first-order chi connectivity index (χ1) is 12.5. The van der Waals surface area contributed by atoms with Gasteiger partial charge in [0, 0.05) is 13.1 Å². The quantitative estimate of drug-likeness (QED) is 0.382. The Morgan fingerprint density at radius 2 is 1.73 bits per heavy atom. The van der Waals surface area contributed by atoms with Gasteiger partial charge in [-0.2, -0.15) is 0 Å². The molecule has 0 atom stereocenters. The van der Waals surface area contributed by atoms with E-state index in [2.05, 4.69) is 19.4 Å². The predicted molar refractivity (Wildman–Crippen MR) is 91.0 cm³/mol. The maximum Gasteiger partial charge on any atom is 0.353 e. The highest BCUT2D eigenvalue weighted by atomic mass is 16.6. The summed E-state index contributed by atoms with van der Waals surface area (Å²) in [5.74, 6) is -1.27. The van der Waals surface area contributed by atoms with E-state index in [9.17, 15) is 19.7 Å². The summed E-state index contributed by atoms with van der Waals surface area (Å²) in [6, 6.07) is 0. The Bertz CT molecular complexity index is 658. The number of nitrogens with zero attached hydrogens (tertiary/aromatic N) is 5. The molecule has 1 fully saturated rings. The van der Waals surface area contributed by atoms with Crippen LogP contribution in [0.5, 0.6) is 0 Å². The van der Waals surface area contributed by atoms with Crippen molar-refractivity contribution in [2.24, 2.45) is 0 Å². The average molecular weight is 367 g/mol. The number of methoxy groups -OCH3 is 2. The highest BCUT2D eigenvalue weighted by Gasteiger charge is 2.32. The number of carbonyl (C=O) groups is 2. The summed E-state index contributed by atoms with van der Waals surface area (Å²) in [7, 11) is 2.37. The molecule has 0 aromatic carbocycles. The Morgan fingerprint density at radius 3 is 2.23 bits per heavy atom. The van der Waals surface area contributed by atoms with Crippen molar-refractivity contribution in [1.29, 1.82) is 0 Å². The SMILES string of the molecule is COC(=O)CN(CC(=O)OC)c1ncnc(N2CCCCC2)c1[N+](=O)[O-]. The molecule has 0 spiro atoms. The van der Waals surface area contributed by atoms with Gasteiger partial charge in [0.2, 0.25) is 11.6 Å². The van der Waals surface area contributed by atoms with Crippen LogP contribution in [-0.2, 0) is 19.1 Å². The lowest BCUT2D eigenvalue weighted by Crippen LogP contribution is -2.37. The minimum Gasteiger partial charge on any atom is -0.468 e. The molecule has 0 saturated carbocycles. The van der Waals surface area contributed by atoms with Gasteiger partial charge in [0.25, 0.3) is 0 Å². The summed E-state index contributed by atoms with van der Waals surface area (Å²) in [5, 5.41) is 11.7. The second-order valence-electron chi connectivity index (χ2n) is 5.68. The van der Waals surface area contributed by atoms with E-state index in [4.69, 9.17) is 0 Å². The molecule has 2 rings (SSSR count). The van der Waals surface area contributed by atoms with E-state index < -0.39 is 16.9 Å². The molecular formula is C15H21N5O6. The smallest absolute Gasteiger partial charge is 0.353 e. The molecule has 11 heteroatoms. The zero-order valence-electron chi connectivity index (χ0n) is 14.7. The lowest BCUT2D eigenvalue weighted by atomic mass is 10.1. The summed E-state index contributed by atoms with van der Waals surface area (Å²) in [6.07, 6.45) is 4.06. The molecule has 1 saturated heterocycles. The lowest BCUT2D eigenvalue weighted by molar-refractivity contribution is -0.383. The van der Waals surface area contributed by atoms with Gasteiger partial charge in [0.15, 0.2) is 0 Å². The molecule has 1 aliphatic rings. The van der Waals surface area contributed by atoms with Crippen LogP contribution in [0.15, 0.2) is 6.33 Å². The zero-order valence-corrected chi connectivity index (χ0v) is 14.7. The molecule has 0 amide bonds. The number of hydrogen-bond donors (Lipinski definition) is 0. The van der Waals surface area contributed by atoms with E-state index in [1.54, 1.807) is 0 Å². The Hall–Kier alpha value is -2.98. The van der Waals surface area contributed by atoms with E-state index >= 15 is 0 Å². The van der Waals surface area contributed by atoms with Crippen LogP contribution in [0.4, 0.5) is 17.3 Å². The molecule has 0 bridgehead atoms. The standard InChI is InChI=1S/C15H21N5O6/c1-25-11(21)8-19(9-12(22)26-2)15-13(20(23)24)14(16-10-17-15)18-6-4-3-5-7-18/h10H,3-9H2,1-2H3. The maximum absolute atomic E-state index is 11.7. The van der Waals surface area contributed by atoms with Crippen molar-refractivity contribution in [3.63, 3.8) is 0 Å². The van der Waals surface area contributed by atoms with Gasteiger partial charge in [-0.25, -0.2) is 9.97 Å². The van der Waals surface area contributed by atoms with Crippen molar-refractivity contribution in [3.05, 3.63) is 16.4 Å². The molecule has 1 aliphatic heterocycles. The van der Waals surface area contributed by atoms with E-state index in [0.29, 0.717) is 13.1 Å². The van der Waals surface area contributed by atoms with Gasteiger partial charge < -0.3 is 19.3 Å². The van der Waals surface area contributed by atoms with Crippen molar-refractivity contribution in [1.82, 2.24) is 9.97 Å². The first-order valence-electron chi connectivity index (χ1n) is 8.10. The Morgan fingerprint density at radius 1 is 1.15 bits per heavy atom. The number of anilines is 2. The Balaban J connectivity index is 2.46. The molecule has 2 heterocycles. The van der Waals surface area contributed by atoms with Crippen LogP contribution in [0, 0.1) is 10.1 Å². The number of esters is 2. The van der Waals surface area contributed by atoms with Crippen LogP contribution in [-0.4, -0.2) is 67.2 Å². The number of nitro groups is 1. The fraction of sp³-hybridized carbons (Fsp3) is 0.600. The monoisotopic (exact) mass is 367 g/mol. The molecule has 11 nitrogen and oxygen atoms in total. The maximum atomic E-state index is 11.7. The fourth-order valence-electron chi connectivity index (χ4n) is 2.74. The number of piperidine rings is 1. The summed E-state index contributed by atoms with van der Waals surface area (Å²) in [5.41, 5.74) is -0.345. The summed E-state index contributed by atoms with van der Waals surface area (Å²) < 4.78 is 9.22. The first-order valence-corrected chi connectivity index (χ1v) is 8.10. The summed E-state index contributed by atoms with van der Waals surface area (Å²) in [4.78, 5) is 45.5. The van der Waals surface area contributed by atoms with Crippen LogP contribution in [0.2, 0.25) is 0 Å².